The number of carbonyl (C=O) groups is 2. The number of aliphatic hydroxyl groups excluding tert-OH is 1. The Morgan fingerprint density at radius 1 is 0.758 bits per heavy atom. The Hall–Kier alpha value is -4.10. The molecule has 0 spiro atoms. The van der Waals surface area contributed by atoms with Crippen LogP contribution in [-0.2, 0) is 4.74 Å². The van der Waals surface area contributed by atoms with E-state index in [2.05, 4.69) is 4.42 Å². The van der Waals surface area contributed by atoms with Gasteiger partial charge in [-0.1, -0.05) is 60.7 Å². The first-order valence-electron chi connectivity index (χ1n) is 10.1. The standard InChI is InChI=1S/C13H12O3.C8H10O.C5H4O3/c1-10(11-5-3-2-4-6-11)16-13(14)12-7-8-15-9-12;1-7(9)8-5-3-2-4-6-8;6-5(7)4-1-2-8-3-4/h2-10H,1H3;2-7,9H,1H3;1-3H,(H,6,7)/t10-;7-;/m11./s1. The van der Waals surface area contributed by atoms with E-state index >= 15 is 0 Å². The van der Waals surface area contributed by atoms with Crippen LogP contribution in [0.3, 0.4) is 0 Å². The lowest BCUT2D eigenvalue weighted by Crippen LogP contribution is -2.08. The number of aromatic carboxylic acids is 1. The van der Waals surface area contributed by atoms with Crippen molar-refractivity contribution < 1.29 is 33.4 Å². The zero-order valence-corrected chi connectivity index (χ0v) is 18.3. The van der Waals surface area contributed by atoms with E-state index in [1.54, 1.807) is 13.0 Å². The van der Waals surface area contributed by atoms with Crippen molar-refractivity contribution in [1.82, 2.24) is 0 Å². The second-order valence-electron chi connectivity index (χ2n) is 6.87. The van der Waals surface area contributed by atoms with Crippen molar-refractivity contribution in [2.75, 3.05) is 0 Å². The first-order chi connectivity index (χ1) is 15.9. The van der Waals surface area contributed by atoms with Gasteiger partial charge in [0.2, 0.25) is 0 Å². The molecule has 2 N–H and O–H groups in total. The highest BCUT2D eigenvalue weighted by atomic mass is 16.5. The van der Waals surface area contributed by atoms with E-state index in [-0.39, 0.29) is 23.7 Å². The van der Waals surface area contributed by atoms with Crippen molar-refractivity contribution >= 4 is 11.9 Å². The number of aliphatic hydroxyl groups is 1. The van der Waals surface area contributed by atoms with Crippen LogP contribution in [0.2, 0.25) is 0 Å². The average Bonchev–Trinajstić information content (AvgIpc) is 3.56. The third-order valence-electron chi connectivity index (χ3n) is 4.36. The number of esters is 1. The van der Waals surface area contributed by atoms with Gasteiger partial charge in [0.1, 0.15) is 18.6 Å². The van der Waals surface area contributed by atoms with E-state index in [0.29, 0.717) is 5.56 Å². The predicted molar refractivity (Wildman–Crippen MR) is 122 cm³/mol. The Kier molecular flexibility index (Phi) is 10.2. The summed E-state index contributed by atoms with van der Waals surface area (Å²) in [4.78, 5) is 21.6. The molecule has 0 radical (unpaired) electrons. The lowest BCUT2D eigenvalue weighted by molar-refractivity contribution is 0.0337. The van der Waals surface area contributed by atoms with Gasteiger partial charge in [-0.3, -0.25) is 0 Å². The molecule has 172 valence electrons. The van der Waals surface area contributed by atoms with Crippen LogP contribution in [-0.4, -0.2) is 22.2 Å². The van der Waals surface area contributed by atoms with E-state index in [9.17, 15) is 9.59 Å². The molecule has 0 aliphatic rings. The lowest BCUT2D eigenvalue weighted by atomic mass is 10.1. The minimum Gasteiger partial charge on any atom is -0.478 e. The molecule has 0 saturated carbocycles. The molecule has 2 atom stereocenters. The molecule has 0 bridgehead atoms. The second-order valence-corrected chi connectivity index (χ2v) is 6.87. The van der Waals surface area contributed by atoms with Gasteiger partial charge >= 0.3 is 11.9 Å². The normalized spacial score (nSPS) is 11.6. The topological polar surface area (TPSA) is 110 Å². The highest BCUT2D eigenvalue weighted by Gasteiger charge is 2.13. The van der Waals surface area contributed by atoms with Crippen LogP contribution in [0.25, 0.3) is 0 Å². The van der Waals surface area contributed by atoms with Gasteiger partial charge in [0, 0.05) is 0 Å². The van der Waals surface area contributed by atoms with Crippen LogP contribution in [0, 0.1) is 0 Å². The predicted octanol–water partition coefficient (Wildman–Crippen LogP) is 5.92. The van der Waals surface area contributed by atoms with Gasteiger partial charge in [-0.15, -0.1) is 0 Å². The number of hydrogen-bond acceptors (Lipinski definition) is 6. The van der Waals surface area contributed by atoms with Gasteiger partial charge in [-0.2, -0.15) is 0 Å². The molecular weight excluding hydrogens is 424 g/mol. The molecule has 0 aliphatic carbocycles. The van der Waals surface area contributed by atoms with E-state index < -0.39 is 5.97 Å². The summed E-state index contributed by atoms with van der Waals surface area (Å²) < 4.78 is 14.6. The third-order valence-corrected chi connectivity index (χ3v) is 4.36. The SMILES string of the molecule is C[C@@H](O)c1ccccc1.C[C@@H](OC(=O)c1ccoc1)c1ccccc1.O=C(O)c1ccoc1. The molecule has 33 heavy (non-hydrogen) atoms. The van der Waals surface area contributed by atoms with Gasteiger partial charge in [-0.25, -0.2) is 9.59 Å². The number of rotatable bonds is 5. The summed E-state index contributed by atoms with van der Waals surface area (Å²) >= 11 is 0. The molecule has 2 aromatic carbocycles. The number of benzene rings is 2. The highest BCUT2D eigenvalue weighted by Crippen LogP contribution is 2.18. The maximum Gasteiger partial charge on any atom is 0.342 e. The minimum absolute atomic E-state index is 0.185. The Labute approximate surface area is 191 Å². The van der Waals surface area contributed by atoms with Crippen LogP contribution in [0.5, 0.6) is 0 Å². The number of ether oxygens (including phenoxy) is 1. The number of carboxylic acid groups (broad SMARTS) is 1. The van der Waals surface area contributed by atoms with Gasteiger partial charge in [-0.05, 0) is 37.1 Å². The van der Waals surface area contributed by atoms with Crippen LogP contribution in [0.4, 0.5) is 0 Å². The Bertz CT molecular complexity index is 1050. The molecule has 0 fully saturated rings. The number of furan rings is 2. The van der Waals surface area contributed by atoms with Crippen molar-refractivity contribution in [3.8, 4) is 0 Å². The summed E-state index contributed by atoms with van der Waals surface area (Å²) in [7, 11) is 0. The van der Waals surface area contributed by atoms with E-state index in [0.717, 1.165) is 11.1 Å². The Balaban J connectivity index is 0.000000192. The quantitative estimate of drug-likeness (QED) is 0.363. The second kappa shape index (κ2) is 13.3. The van der Waals surface area contributed by atoms with Crippen LogP contribution in [0.1, 0.15) is 57.9 Å². The molecule has 2 heterocycles. The molecule has 7 heteroatoms. The molecule has 0 unspecified atom stereocenters. The van der Waals surface area contributed by atoms with Crippen molar-refractivity contribution in [3.63, 3.8) is 0 Å². The van der Waals surface area contributed by atoms with Gasteiger partial charge in [0.05, 0.1) is 29.8 Å². The monoisotopic (exact) mass is 450 g/mol. The number of carboxylic acids is 1. The summed E-state index contributed by atoms with van der Waals surface area (Å²) in [5.74, 6) is -1.33. The fourth-order valence-corrected chi connectivity index (χ4v) is 2.52. The minimum atomic E-state index is -0.959. The molecule has 0 amide bonds. The van der Waals surface area contributed by atoms with E-state index in [1.807, 2.05) is 67.6 Å². The summed E-state index contributed by atoms with van der Waals surface area (Å²) in [5.41, 5.74) is 2.56. The molecule has 2 aromatic heterocycles. The van der Waals surface area contributed by atoms with Crippen molar-refractivity contribution in [1.29, 1.82) is 0 Å². The van der Waals surface area contributed by atoms with Gasteiger partial charge in [0.15, 0.2) is 0 Å². The van der Waals surface area contributed by atoms with Crippen molar-refractivity contribution in [2.45, 2.75) is 26.1 Å². The first kappa shape index (κ1) is 25.2. The van der Waals surface area contributed by atoms with Gasteiger partial charge in [0.25, 0.3) is 0 Å². The summed E-state index contributed by atoms with van der Waals surface area (Å²) in [6, 6.07) is 22.2. The van der Waals surface area contributed by atoms with Crippen molar-refractivity contribution in [3.05, 3.63) is 120 Å². The maximum absolute atomic E-state index is 11.6. The molecule has 7 nitrogen and oxygen atoms in total. The molecule has 0 saturated heterocycles. The summed E-state index contributed by atoms with van der Waals surface area (Å²) in [6.45, 7) is 3.60. The fraction of sp³-hybridized carbons (Fsp3) is 0.154. The third kappa shape index (κ3) is 8.88. The molecular formula is C26H26O7. The molecule has 0 aliphatic heterocycles. The molecule has 4 rings (SSSR count). The van der Waals surface area contributed by atoms with Crippen LogP contribution < -0.4 is 0 Å². The average molecular weight is 450 g/mol. The smallest absolute Gasteiger partial charge is 0.342 e. The van der Waals surface area contributed by atoms with Crippen LogP contribution >= 0.6 is 0 Å². The zero-order chi connectivity index (χ0) is 24.1. The van der Waals surface area contributed by atoms with Gasteiger partial charge < -0.3 is 23.8 Å². The summed E-state index contributed by atoms with van der Waals surface area (Å²) in [6.07, 6.45) is 4.73. The maximum atomic E-state index is 11.6. The number of carbonyl (C=O) groups excluding carboxylic acids is 1. The van der Waals surface area contributed by atoms with E-state index in [4.69, 9.17) is 19.4 Å². The van der Waals surface area contributed by atoms with E-state index in [1.165, 1.54) is 31.1 Å². The zero-order valence-electron chi connectivity index (χ0n) is 18.3. The molecule has 4 aromatic rings. The largest absolute Gasteiger partial charge is 0.478 e. The fourth-order valence-electron chi connectivity index (χ4n) is 2.52. The number of hydrogen-bond donors (Lipinski definition) is 2. The lowest BCUT2D eigenvalue weighted by Gasteiger charge is -2.12. The Morgan fingerprint density at radius 3 is 1.61 bits per heavy atom. The van der Waals surface area contributed by atoms with Crippen LogP contribution in [0.15, 0.2) is 107 Å². The summed E-state index contributed by atoms with van der Waals surface area (Å²) in [5, 5.41) is 17.2. The highest BCUT2D eigenvalue weighted by molar-refractivity contribution is 5.89. The Morgan fingerprint density at radius 2 is 1.24 bits per heavy atom. The van der Waals surface area contributed by atoms with Crippen molar-refractivity contribution in [2.24, 2.45) is 0 Å². The first-order valence-corrected chi connectivity index (χ1v) is 10.1.